The Hall–Kier alpha value is 0.0534. The van der Waals surface area contributed by atoms with E-state index in [1.54, 1.807) is 0 Å². The summed E-state index contributed by atoms with van der Waals surface area (Å²) in [7, 11) is 0. The average molecular weight is 478 g/mol. The maximum atomic E-state index is 10.3. The molecule has 0 aromatic carbocycles. The van der Waals surface area contributed by atoms with Crippen LogP contribution in [0.2, 0.25) is 0 Å². The molecule has 0 atom stereocenters. The minimum Gasteiger partial charge on any atom is -0.662 e. The summed E-state index contributed by atoms with van der Waals surface area (Å²) < 4.78 is 0. The number of carboxylic acids is 1. The molecule has 0 aliphatic heterocycles. The van der Waals surface area contributed by atoms with Gasteiger partial charge in [0.15, 0.2) is 0 Å². The fraction of sp³-hybridized carbons (Fsp3) is 0.962. The van der Waals surface area contributed by atoms with Crippen molar-refractivity contribution in [3.63, 3.8) is 0 Å². The molecule has 0 amide bonds. The maximum absolute atomic E-state index is 10.3. The van der Waals surface area contributed by atoms with Crippen LogP contribution in [-0.2, 0) is 24.3 Å². The van der Waals surface area contributed by atoms with Crippen LogP contribution in [0.15, 0.2) is 0 Å². The van der Waals surface area contributed by atoms with Gasteiger partial charge in [0, 0.05) is 25.9 Å². The summed E-state index contributed by atoms with van der Waals surface area (Å²) in [6, 6.07) is 0. The largest absolute Gasteiger partial charge is 0.662 e. The van der Waals surface area contributed by atoms with Gasteiger partial charge in [0.05, 0.1) is 0 Å². The van der Waals surface area contributed by atoms with Gasteiger partial charge in [-0.3, -0.25) is 4.79 Å². The number of rotatable bonds is 22. The van der Waals surface area contributed by atoms with Crippen LogP contribution in [0.5, 0.6) is 0 Å². The van der Waals surface area contributed by atoms with Gasteiger partial charge in [0.25, 0.3) is 0 Å². The van der Waals surface area contributed by atoms with Crippen molar-refractivity contribution in [1.82, 2.24) is 0 Å². The van der Waals surface area contributed by atoms with Crippen LogP contribution in [0, 0.1) is 0 Å². The fourth-order valence-corrected chi connectivity index (χ4v) is 3.30. The normalized spacial score (nSPS) is 10.2. The van der Waals surface area contributed by atoms with Gasteiger partial charge in [-0.15, -0.1) is 13.1 Å². The van der Waals surface area contributed by atoms with Gasteiger partial charge in [-0.1, -0.05) is 136 Å². The molecular weight excluding hydrogens is 424 g/mol. The van der Waals surface area contributed by atoms with E-state index in [2.05, 4.69) is 26.1 Å². The molecule has 178 valence electrons. The van der Waals surface area contributed by atoms with Crippen LogP contribution in [0.25, 0.3) is 5.32 Å². The Labute approximate surface area is 202 Å². The molecule has 0 unspecified atom stereocenters. The Kier molecular flexibility index (Phi) is 38.9. The molecule has 4 heteroatoms. The molecular formula is C26H54NO2Zn-. The second-order valence-electron chi connectivity index (χ2n) is 8.47. The van der Waals surface area contributed by atoms with Crippen molar-refractivity contribution in [2.75, 3.05) is 13.1 Å². The molecule has 0 aromatic rings. The SMILES string of the molecule is CCCCCCCCCCCCCCCCCC(=O)O.CCCC[N-]CCCC.[Zn]. The summed E-state index contributed by atoms with van der Waals surface area (Å²) >= 11 is 0. The van der Waals surface area contributed by atoms with Crippen LogP contribution < -0.4 is 0 Å². The Morgan fingerprint density at radius 3 is 1.13 bits per heavy atom. The second kappa shape index (κ2) is 33.7. The van der Waals surface area contributed by atoms with Crippen molar-refractivity contribution >= 4 is 5.97 Å². The molecule has 0 bridgehead atoms. The van der Waals surface area contributed by atoms with E-state index in [4.69, 9.17) is 5.11 Å². The fourth-order valence-electron chi connectivity index (χ4n) is 3.30. The summed E-state index contributed by atoms with van der Waals surface area (Å²) in [5.41, 5.74) is 0. The first kappa shape index (κ1) is 34.7. The molecule has 3 nitrogen and oxygen atoms in total. The van der Waals surface area contributed by atoms with Gasteiger partial charge in [-0.05, 0) is 6.42 Å². The smallest absolute Gasteiger partial charge is 0.303 e. The minimum absolute atomic E-state index is 0. The Bertz CT molecular complexity index is 295. The number of unbranched alkanes of at least 4 members (excludes halogenated alkanes) is 16. The molecule has 0 heterocycles. The zero-order chi connectivity index (χ0) is 21.8. The van der Waals surface area contributed by atoms with E-state index in [1.807, 2.05) is 0 Å². The number of carbonyl (C=O) groups is 1. The van der Waals surface area contributed by atoms with Crippen LogP contribution in [0.4, 0.5) is 0 Å². The number of aliphatic carboxylic acids is 1. The van der Waals surface area contributed by atoms with Crippen molar-refractivity contribution in [2.24, 2.45) is 0 Å². The van der Waals surface area contributed by atoms with Crippen LogP contribution >= 0.6 is 0 Å². The first-order chi connectivity index (χ1) is 14.2. The van der Waals surface area contributed by atoms with Gasteiger partial charge >= 0.3 is 5.97 Å². The molecule has 0 rings (SSSR count). The third-order valence-corrected chi connectivity index (χ3v) is 5.33. The van der Waals surface area contributed by atoms with Gasteiger partial charge in [0.1, 0.15) is 0 Å². The van der Waals surface area contributed by atoms with E-state index >= 15 is 0 Å². The molecule has 0 aliphatic carbocycles. The van der Waals surface area contributed by atoms with Gasteiger partial charge in [-0.25, -0.2) is 0 Å². The van der Waals surface area contributed by atoms with E-state index < -0.39 is 5.97 Å². The summed E-state index contributed by atoms with van der Waals surface area (Å²) in [4.78, 5) is 10.3. The zero-order valence-electron chi connectivity index (χ0n) is 21.1. The predicted octanol–water partition coefficient (Wildman–Crippen LogP) is 9.29. The number of hydrogen-bond donors (Lipinski definition) is 1. The van der Waals surface area contributed by atoms with Crippen molar-refractivity contribution in [2.45, 2.75) is 149 Å². The maximum Gasteiger partial charge on any atom is 0.303 e. The van der Waals surface area contributed by atoms with Crippen molar-refractivity contribution in [1.29, 1.82) is 0 Å². The molecule has 0 fully saturated rings. The third-order valence-electron chi connectivity index (χ3n) is 5.33. The monoisotopic (exact) mass is 476 g/mol. The molecule has 0 aliphatic rings. The number of nitrogens with zero attached hydrogens (tertiary/aromatic N) is 1. The summed E-state index contributed by atoms with van der Waals surface area (Å²) in [5.74, 6) is -0.653. The third kappa shape index (κ3) is 38.6. The Morgan fingerprint density at radius 2 is 0.833 bits per heavy atom. The minimum atomic E-state index is -0.653. The van der Waals surface area contributed by atoms with Gasteiger partial charge in [-0.2, -0.15) is 0 Å². The van der Waals surface area contributed by atoms with Gasteiger partial charge in [0.2, 0.25) is 0 Å². The van der Waals surface area contributed by atoms with Crippen LogP contribution in [0.1, 0.15) is 149 Å². The molecule has 0 spiro atoms. The van der Waals surface area contributed by atoms with Crippen molar-refractivity contribution in [3.8, 4) is 0 Å². The molecule has 0 aromatic heterocycles. The van der Waals surface area contributed by atoms with Crippen LogP contribution in [-0.4, -0.2) is 24.2 Å². The summed E-state index contributed by atoms with van der Waals surface area (Å²) in [6.45, 7) is 8.84. The molecule has 0 saturated carbocycles. The Morgan fingerprint density at radius 1 is 0.533 bits per heavy atom. The first-order valence-electron chi connectivity index (χ1n) is 13.0. The van der Waals surface area contributed by atoms with Crippen molar-refractivity contribution < 1.29 is 29.4 Å². The zero-order valence-corrected chi connectivity index (χ0v) is 24.0. The Balaban J connectivity index is -0.000000616. The molecule has 1 N–H and O–H groups in total. The predicted molar refractivity (Wildman–Crippen MR) is 130 cm³/mol. The topological polar surface area (TPSA) is 51.4 Å². The van der Waals surface area contributed by atoms with Crippen molar-refractivity contribution in [3.05, 3.63) is 5.32 Å². The second-order valence-corrected chi connectivity index (χ2v) is 8.47. The van der Waals surface area contributed by atoms with E-state index in [9.17, 15) is 4.79 Å². The van der Waals surface area contributed by atoms with E-state index in [0.717, 1.165) is 25.9 Å². The summed E-state index contributed by atoms with van der Waals surface area (Å²) in [5, 5.41) is 12.9. The summed E-state index contributed by atoms with van der Waals surface area (Å²) in [6.07, 6.45) is 25.3. The number of hydrogen-bond acceptors (Lipinski definition) is 1. The van der Waals surface area contributed by atoms with E-state index in [-0.39, 0.29) is 19.5 Å². The molecule has 0 saturated heterocycles. The first-order valence-corrected chi connectivity index (χ1v) is 13.0. The standard InChI is InChI=1S/C18H36O2.C8H18N.Zn/c1-2-3-4-5-6-7-8-9-10-11-12-13-14-15-16-17-18(19)20;1-3-5-7-9-8-6-4-2;/h2-17H2,1H3,(H,19,20);3-8H2,1-2H3;/q;-1;. The molecule has 0 radical (unpaired) electrons. The molecule has 30 heavy (non-hydrogen) atoms. The van der Waals surface area contributed by atoms with E-state index in [1.165, 1.54) is 109 Å². The van der Waals surface area contributed by atoms with Gasteiger partial charge < -0.3 is 10.4 Å². The number of carboxylic acid groups (broad SMARTS) is 1. The quantitative estimate of drug-likeness (QED) is 0.125. The average Bonchev–Trinajstić information content (AvgIpc) is 2.71. The van der Waals surface area contributed by atoms with E-state index in [0.29, 0.717) is 6.42 Å². The van der Waals surface area contributed by atoms with Crippen LogP contribution in [0.3, 0.4) is 0 Å².